The van der Waals surface area contributed by atoms with Crippen LogP contribution in [0.2, 0.25) is 0 Å². The number of hydrogen-bond donors (Lipinski definition) is 0. The first-order chi connectivity index (χ1) is 16.4. The van der Waals surface area contributed by atoms with Gasteiger partial charge in [0.25, 0.3) is 0 Å². The number of hydrogen-bond acceptors (Lipinski definition) is 0. The topological polar surface area (TPSA) is 9.86 Å². The van der Waals surface area contributed by atoms with Crippen molar-refractivity contribution in [2.24, 2.45) is 0 Å². The Kier molecular flexibility index (Phi) is 5.87. The van der Waals surface area contributed by atoms with E-state index in [-0.39, 0.29) is 6.42 Å². The maximum atomic E-state index is 15.8. The predicted octanol–water partition coefficient (Wildman–Crippen LogP) is 5.52. The van der Waals surface area contributed by atoms with Crippen LogP contribution in [0.4, 0.5) is 26.3 Å². The number of nitrogens with zero attached hydrogens (tertiary/aromatic N) is 2. The zero-order valence-electron chi connectivity index (χ0n) is 17.4. The Labute approximate surface area is 196 Å². The summed E-state index contributed by atoms with van der Waals surface area (Å²) in [6.07, 6.45) is 10.6. The molecule has 0 unspecified atom stereocenters. The Morgan fingerprint density at radius 3 is 1.44 bits per heavy atom. The second kappa shape index (κ2) is 8.85. The third-order valence-corrected chi connectivity index (χ3v) is 10.2. The van der Waals surface area contributed by atoms with Crippen LogP contribution in [-0.4, -0.2) is 9.13 Å². The molecule has 0 saturated heterocycles. The Bertz CT molecular complexity index is 1340. The van der Waals surface area contributed by atoms with Crippen molar-refractivity contribution in [3.63, 3.8) is 0 Å². The van der Waals surface area contributed by atoms with E-state index in [0.29, 0.717) is 16.0 Å². The summed E-state index contributed by atoms with van der Waals surface area (Å²) in [5, 5.41) is 0. The van der Waals surface area contributed by atoms with E-state index in [1.54, 1.807) is 18.2 Å². The first kappa shape index (κ1) is 22.6. The third-order valence-electron chi connectivity index (χ3n) is 5.61. The molecule has 5 rings (SSSR count). The Morgan fingerprint density at radius 1 is 0.618 bits per heavy atom. The van der Waals surface area contributed by atoms with Gasteiger partial charge in [-0.2, -0.15) is 0 Å². The molecule has 0 N–H and O–H groups in total. The zero-order chi connectivity index (χ0) is 24.0. The van der Waals surface area contributed by atoms with E-state index >= 15 is 17.6 Å². The van der Waals surface area contributed by atoms with Gasteiger partial charge in [0.15, 0.2) is 0 Å². The minimum absolute atomic E-state index is 0.222. The molecule has 0 fully saturated rings. The van der Waals surface area contributed by atoms with Crippen molar-refractivity contribution in [2.75, 3.05) is 0 Å². The molecule has 0 amide bonds. The molecule has 1 aliphatic carbocycles. The van der Waals surface area contributed by atoms with Gasteiger partial charge in [0.05, 0.1) is 0 Å². The van der Waals surface area contributed by atoms with Crippen LogP contribution in [0, 0.1) is 34.9 Å². The minimum atomic E-state index is -3.91. The van der Waals surface area contributed by atoms with E-state index in [4.69, 9.17) is 0 Å². The molecule has 1 aliphatic rings. The summed E-state index contributed by atoms with van der Waals surface area (Å²) >= 11 is -3.91. The second-order valence-electron chi connectivity index (χ2n) is 7.64. The van der Waals surface area contributed by atoms with Crippen LogP contribution >= 0.6 is 0 Å². The molecule has 0 aliphatic heterocycles. The molecule has 0 bridgehead atoms. The van der Waals surface area contributed by atoms with E-state index in [2.05, 4.69) is 0 Å². The monoisotopic (exact) mass is 505 g/mol. The van der Waals surface area contributed by atoms with Crippen molar-refractivity contribution < 1.29 is 44.2 Å². The first-order valence-corrected chi connectivity index (χ1v) is 12.6. The molecular formula is C25H15F6N2Ti. The van der Waals surface area contributed by atoms with Gasteiger partial charge in [-0.05, 0) is 0 Å². The number of allylic oxidation sites excluding steroid dienone is 4. The quantitative estimate of drug-likeness (QED) is 0.250. The molecule has 0 spiro atoms. The molecule has 2 nitrogen and oxygen atoms in total. The van der Waals surface area contributed by atoms with Crippen LogP contribution in [0.3, 0.4) is 0 Å². The summed E-state index contributed by atoms with van der Waals surface area (Å²) in [5.41, 5.74) is -1.10. The average molecular weight is 505 g/mol. The van der Waals surface area contributed by atoms with Crippen molar-refractivity contribution in [1.82, 2.24) is 9.13 Å². The maximum absolute atomic E-state index is 15.8. The van der Waals surface area contributed by atoms with Gasteiger partial charge in [0.2, 0.25) is 0 Å². The summed E-state index contributed by atoms with van der Waals surface area (Å²) in [6.45, 7) is 0. The van der Waals surface area contributed by atoms with Crippen LogP contribution in [-0.2, 0) is 17.9 Å². The average Bonchev–Trinajstić information content (AvgIpc) is 3.55. The van der Waals surface area contributed by atoms with Gasteiger partial charge in [0, 0.05) is 0 Å². The number of aromatic nitrogens is 2. The summed E-state index contributed by atoms with van der Waals surface area (Å²) in [4.78, 5) is 0. The molecular weight excluding hydrogens is 490 g/mol. The Morgan fingerprint density at radius 2 is 1.06 bits per heavy atom. The van der Waals surface area contributed by atoms with Gasteiger partial charge < -0.3 is 0 Å². The SMILES string of the molecule is Fc1cc(F)[c]([Ti]([C]2=CC=CC2)[c]2c(F)cc(F)c(-n3cccc3)c2F)c(F)c1-n1cccc1. The third kappa shape index (κ3) is 3.67. The number of rotatable bonds is 5. The fourth-order valence-electron chi connectivity index (χ4n) is 4.14. The van der Waals surface area contributed by atoms with E-state index in [9.17, 15) is 8.78 Å². The normalized spacial score (nSPS) is 12.9. The van der Waals surface area contributed by atoms with Gasteiger partial charge in [-0.3, -0.25) is 0 Å². The molecule has 9 heteroatoms. The van der Waals surface area contributed by atoms with Crippen molar-refractivity contribution in [3.8, 4) is 11.4 Å². The van der Waals surface area contributed by atoms with E-state index in [1.807, 2.05) is 0 Å². The molecule has 2 aromatic heterocycles. The summed E-state index contributed by atoms with van der Waals surface area (Å²) < 4.78 is 93.0. The van der Waals surface area contributed by atoms with Crippen LogP contribution in [0.5, 0.6) is 0 Å². The van der Waals surface area contributed by atoms with Crippen LogP contribution < -0.4 is 7.74 Å². The van der Waals surface area contributed by atoms with Crippen LogP contribution in [0.25, 0.3) is 11.4 Å². The fraction of sp³-hybridized carbons (Fsp3) is 0.0400. The van der Waals surface area contributed by atoms with Crippen LogP contribution in [0.1, 0.15) is 6.42 Å². The van der Waals surface area contributed by atoms with Crippen LogP contribution in [0.15, 0.2) is 83.3 Å². The van der Waals surface area contributed by atoms with E-state index in [0.717, 1.165) is 9.13 Å². The summed E-state index contributed by atoms with van der Waals surface area (Å²) in [6, 6.07) is 7.18. The van der Waals surface area contributed by atoms with Crippen molar-refractivity contribution >= 4 is 7.74 Å². The standard InChI is InChI=1S/2C10H5F3N.C5H5.Ti/c2*11-7-5-8(12)10(9(13)6-7)14-3-1-2-4-14;1-2-4-5-3-1;/h2*1-5H;1-3H,4H2;. The summed E-state index contributed by atoms with van der Waals surface area (Å²) in [5.74, 6) is -7.25. The molecule has 2 aromatic carbocycles. The number of halogens is 6. The molecule has 171 valence electrons. The molecule has 34 heavy (non-hydrogen) atoms. The van der Waals surface area contributed by atoms with Gasteiger partial charge in [-0.15, -0.1) is 0 Å². The predicted molar refractivity (Wildman–Crippen MR) is 112 cm³/mol. The molecule has 0 radical (unpaired) electrons. The van der Waals surface area contributed by atoms with Crippen molar-refractivity contribution in [3.05, 3.63) is 118 Å². The van der Waals surface area contributed by atoms with E-state index < -0.39 is 71.9 Å². The summed E-state index contributed by atoms with van der Waals surface area (Å²) in [7, 11) is 0. The van der Waals surface area contributed by atoms with Gasteiger partial charge in [-0.1, -0.05) is 0 Å². The van der Waals surface area contributed by atoms with Gasteiger partial charge in [0.1, 0.15) is 0 Å². The van der Waals surface area contributed by atoms with Gasteiger partial charge in [-0.25, -0.2) is 0 Å². The molecule has 0 atom stereocenters. The Hall–Kier alpha value is -3.23. The molecule has 2 heterocycles. The van der Waals surface area contributed by atoms with Crippen molar-refractivity contribution in [2.45, 2.75) is 6.42 Å². The van der Waals surface area contributed by atoms with E-state index in [1.165, 1.54) is 49.1 Å². The zero-order valence-corrected chi connectivity index (χ0v) is 18.9. The fourth-order valence-corrected chi connectivity index (χ4v) is 8.47. The second-order valence-corrected chi connectivity index (χ2v) is 11.4. The molecule has 0 saturated carbocycles. The molecule has 4 aromatic rings. The Balaban J connectivity index is 1.82. The first-order valence-electron chi connectivity index (χ1n) is 10.2. The van der Waals surface area contributed by atoms with Gasteiger partial charge >= 0.3 is 197 Å². The van der Waals surface area contributed by atoms with Crippen molar-refractivity contribution in [1.29, 1.82) is 0 Å². The number of benzene rings is 2.